The molecule has 2 rings (SSSR count). The number of benzene rings is 1. The van der Waals surface area contributed by atoms with E-state index in [4.69, 9.17) is 8.84 Å². The lowest BCUT2D eigenvalue weighted by Crippen LogP contribution is -2.44. The quantitative estimate of drug-likeness (QED) is 0.235. The number of hydrogen-bond acceptors (Lipinski definition) is 7. The number of rotatable bonds is 9. The maximum Gasteiger partial charge on any atom is 0.534 e. The molecule has 2 unspecified atom stereocenters. The van der Waals surface area contributed by atoms with E-state index in [2.05, 4.69) is 13.9 Å². The van der Waals surface area contributed by atoms with Crippen molar-refractivity contribution in [2.24, 2.45) is 0 Å². The Morgan fingerprint density at radius 1 is 1.08 bits per heavy atom. The Morgan fingerprint density at radius 2 is 1.64 bits per heavy atom. The number of hydrogen-bond donors (Lipinski definition) is 1. The highest BCUT2D eigenvalue weighted by Crippen LogP contribution is 2.39. The summed E-state index contributed by atoms with van der Waals surface area (Å²) >= 11 is 0. The van der Waals surface area contributed by atoms with Gasteiger partial charge in [0.25, 0.3) is 5.88 Å². The Balaban J connectivity index is 2.63. The predicted molar refractivity (Wildman–Crippen MR) is 134 cm³/mol. The van der Waals surface area contributed by atoms with E-state index in [1.54, 1.807) is 51.1 Å². The molecule has 0 saturated carbocycles. The van der Waals surface area contributed by atoms with Crippen molar-refractivity contribution in [3.05, 3.63) is 36.1 Å². The Hall–Kier alpha value is -1.74. The molecule has 2 aromatic rings. The van der Waals surface area contributed by atoms with Crippen molar-refractivity contribution in [2.45, 2.75) is 76.0 Å². The van der Waals surface area contributed by atoms with E-state index in [1.165, 1.54) is 0 Å². The Labute approximate surface area is 213 Å². The van der Waals surface area contributed by atoms with Crippen molar-refractivity contribution in [1.82, 2.24) is 9.71 Å². The van der Waals surface area contributed by atoms with Gasteiger partial charge in [-0.25, -0.2) is 8.93 Å². The molecule has 1 aromatic carbocycles. The summed E-state index contributed by atoms with van der Waals surface area (Å²) in [6.07, 6.45) is 0. The lowest BCUT2D eigenvalue weighted by molar-refractivity contribution is -0.0501. The second kappa shape index (κ2) is 10.6. The smallest absolute Gasteiger partial charge is 0.435 e. The van der Waals surface area contributed by atoms with Crippen LogP contribution in [0.4, 0.5) is 13.2 Å². The average Bonchev–Trinajstić information content (AvgIpc) is 3.12. The van der Waals surface area contributed by atoms with Crippen LogP contribution in [0.2, 0.25) is 18.1 Å². The van der Waals surface area contributed by atoms with Gasteiger partial charge in [-0.2, -0.15) is 26.6 Å². The van der Waals surface area contributed by atoms with Gasteiger partial charge in [0.15, 0.2) is 14.1 Å². The van der Waals surface area contributed by atoms with Gasteiger partial charge in [-0.1, -0.05) is 39.0 Å². The third-order valence-corrected chi connectivity index (χ3v) is 12.7. The van der Waals surface area contributed by atoms with Crippen molar-refractivity contribution in [3.63, 3.8) is 0 Å². The summed E-state index contributed by atoms with van der Waals surface area (Å²) in [5.74, 6) is -1.45. The minimum absolute atomic E-state index is 0.168. The summed E-state index contributed by atoms with van der Waals surface area (Å²) in [5, 5.41) is -0.212. The topological polar surface area (TPSA) is 108 Å². The number of halogens is 3. The fourth-order valence-electron chi connectivity index (χ4n) is 2.43. The van der Waals surface area contributed by atoms with Gasteiger partial charge in [-0.15, -0.1) is 0 Å². The Bertz CT molecular complexity index is 1170. The van der Waals surface area contributed by atoms with Crippen LogP contribution in [0.25, 0.3) is 11.5 Å². The largest absolute Gasteiger partial charge is 0.534 e. The molecule has 204 valence electrons. The van der Waals surface area contributed by atoms with Crippen LogP contribution in [0.1, 0.15) is 53.3 Å². The second-order valence-electron chi connectivity index (χ2n) is 10.7. The van der Waals surface area contributed by atoms with Crippen LogP contribution >= 0.6 is 0 Å². The highest BCUT2D eigenvalue weighted by molar-refractivity contribution is 7.88. The van der Waals surface area contributed by atoms with E-state index in [9.17, 15) is 25.8 Å². The molecule has 0 fully saturated rings. The van der Waals surface area contributed by atoms with Crippen LogP contribution in [0, 0.1) is 0 Å². The molecule has 8 nitrogen and oxygen atoms in total. The molecule has 0 bridgehead atoms. The molecule has 0 aliphatic heterocycles. The zero-order chi connectivity index (χ0) is 27.7. The molecular weight excluding hydrogens is 537 g/mol. The number of aromatic nitrogens is 1. The number of oxazole rings is 1. The fourth-order valence-corrected chi connectivity index (χ4v) is 4.66. The van der Waals surface area contributed by atoms with Crippen LogP contribution in [-0.4, -0.2) is 42.8 Å². The van der Waals surface area contributed by atoms with E-state index in [-0.39, 0.29) is 23.3 Å². The van der Waals surface area contributed by atoms with Gasteiger partial charge in [0.05, 0.1) is 22.3 Å². The van der Waals surface area contributed by atoms with Gasteiger partial charge < -0.3 is 13.0 Å². The maximum atomic E-state index is 13.1. The highest BCUT2D eigenvalue weighted by Gasteiger charge is 2.50. The molecule has 1 heterocycles. The number of nitrogens with zero attached hydrogens (tertiary/aromatic N) is 1. The standard InChI is InChI=1S/C22H33F3N2O6S2Si/c1-20(2,3)34(28)27-16(14-31-36(7,8)21(4,5)6)17-19(33-35(29,30)22(23,24)25)26-18(32-17)15-12-10-9-11-13-15/h9-13,16,27H,14H2,1-8H3. The summed E-state index contributed by atoms with van der Waals surface area (Å²) < 4.78 is 94.4. The first-order valence-electron chi connectivity index (χ1n) is 11.0. The summed E-state index contributed by atoms with van der Waals surface area (Å²) in [7, 11) is -10.2. The van der Waals surface area contributed by atoms with E-state index < -0.39 is 51.6 Å². The van der Waals surface area contributed by atoms with Gasteiger partial charge in [0, 0.05) is 5.56 Å². The van der Waals surface area contributed by atoms with Crippen molar-refractivity contribution in [3.8, 4) is 17.3 Å². The van der Waals surface area contributed by atoms with E-state index in [1.807, 2.05) is 33.9 Å². The van der Waals surface area contributed by atoms with Gasteiger partial charge in [-0.3, -0.25) is 0 Å². The second-order valence-corrected chi connectivity index (χ2v) is 19.0. The first-order chi connectivity index (χ1) is 16.2. The van der Waals surface area contributed by atoms with Crippen LogP contribution < -0.4 is 8.91 Å². The monoisotopic (exact) mass is 570 g/mol. The lowest BCUT2D eigenvalue weighted by atomic mass is 10.2. The van der Waals surface area contributed by atoms with Gasteiger partial charge in [0.2, 0.25) is 5.89 Å². The molecule has 0 aliphatic carbocycles. The molecule has 2 atom stereocenters. The fraction of sp³-hybridized carbons (Fsp3) is 0.591. The van der Waals surface area contributed by atoms with Crippen molar-refractivity contribution >= 4 is 29.4 Å². The first kappa shape index (κ1) is 30.5. The van der Waals surface area contributed by atoms with Crippen molar-refractivity contribution < 1.29 is 38.8 Å². The zero-order valence-corrected chi connectivity index (χ0v) is 24.2. The number of alkyl halides is 3. The molecule has 1 N–H and O–H groups in total. The normalized spacial score (nSPS) is 15.5. The summed E-state index contributed by atoms with van der Waals surface area (Å²) in [5.41, 5.74) is -5.32. The van der Waals surface area contributed by atoms with Crippen LogP contribution in [0.5, 0.6) is 5.88 Å². The lowest BCUT2D eigenvalue weighted by Gasteiger charge is -2.37. The van der Waals surface area contributed by atoms with Crippen molar-refractivity contribution in [2.75, 3.05) is 6.61 Å². The minimum Gasteiger partial charge on any atom is -0.435 e. The summed E-state index contributed by atoms with van der Waals surface area (Å²) in [6, 6.07) is 7.04. The maximum absolute atomic E-state index is 13.1. The third-order valence-electron chi connectivity index (χ3n) is 5.65. The van der Waals surface area contributed by atoms with Crippen LogP contribution in [0.15, 0.2) is 34.7 Å². The Morgan fingerprint density at radius 3 is 2.11 bits per heavy atom. The SMILES string of the molecule is CC(C)(C)S(=O)NC(CO[Si](C)(C)C(C)(C)C)c1oc(-c2ccccc2)nc1OS(=O)(=O)C(F)(F)F. The van der Waals surface area contributed by atoms with E-state index in [0.717, 1.165) is 0 Å². The van der Waals surface area contributed by atoms with Gasteiger partial charge in [-0.05, 0) is 51.0 Å². The molecule has 36 heavy (non-hydrogen) atoms. The van der Waals surface area contributed by atoms with Crippen molar-refractivity contribution in [1.29, 1.82) is 0 Å². The molecule has 14 heteroatoms. The van der Waals surface area contributed by atoms with Crippen LogP contribution in [-0.2, 0) is 25.5 Å². The molecular formula is C22H33F3N2O6S2Si. The average molecular weight is 571 g/mol. The molecule has 0 aliphatic rings. The molecule has 0 spiro atoms. The zero-order valence-electron chi connectivity index (χ0n) is 21.5. The number of nitrogens with one attached hydrogen (secondary N) is 1. The molecule has 0 radical (unpaired) electrons. The first-order valence-corrected chi connectivity index (χ1v) is 16.5. The van der Waals surface area contributed by atoms with E-state index >= 15 is 0 Å². The van der Waals surface area contributed by atoms with E-state index in [0.29, 0.717) is 5.56 Å². The van der Waals surface area contributed by atoms with Gasteiger partial charge in [0.1, 0.15) is 6.04 Å². The Kier molecular flexibility index (Phi) is 8.94. The predicted octanol–water partition coefficient (Wildman–Crippen LogP) is 5.68. The molecule has 0 saturated heterocycles. The van der Waals surface area contributed by atoms with Crippen LogP contribution in [0.3, 0.4) is 0 Å². The highest BCUT2D eigenvalue weighted by atomic mass is 32.2. The summed E-state index contributed by atoms with van der Waals surface area (Å²) in [6.45, 7) is 14.8. The molecule has 1 aromatic heterocycles. The summed E-state index contributed by atoms with van der Waals surface area (Å²) in [4.78, 5) is 3.91. The van der Waals surface area contributed by atoms with Gasteiger partial charge >= 0.3 is 15.6 Å². The molecule has 0 amide bonds. The minimum atomic E-state index is -6.06. The third kappa shape index (κ3) is 7.40.